The molecule has 0 saturated heterocycles. The number of carbonyl (C=O) groups is 1. The van der Waals surface area contributed by atoms with Crippen LogP contribution in [0.3, 0.4) is 0 Å². The maximum absolute atomic E-state index is 11.8. The van der Waals surface area contributed by atoms with Gasteiger partial charge in [-0.15, -0.1) is 0 Å². The van der Waals surface area contributed by atoms with E-state index in [-0.39, 0.29) is 0 Å². The highest BCUT2D eigenvalue weighted by atomic mass is 28.3. The summed E-state index contributed by atoms with van der Waals surface area (Å²) in [6, 6.07) is 0. The second-order valence-corrected chi connectivity index (χ2v) is 7.55. The Hall–Kier alpha value is -0.726. The normalized spacial score (nSPS) is 15.1. The van der Waals surface area contributed by atoms with Crippen molar-refractivity contribution < 1.29 is 44.3 Å². The maximum atomic E-state index is 11.8. The molecule has 0 aliphatic heterocycles. The van der Waals surface area contributed by atoms with E-state index >= 15 is 0 Å². The maximum Gasteiger partial charge on any atom is 0.469 e. The first-order valence-corrected chi connectivity index (χ1v) is 6.40. The number of amides is 1. The van der Waals surface area contributed by atoms with E-state index in [0.29, 0.717) is 0 Å². The molecule has 0 atom stereocenters. The van der Waals surface area contributed by atoms with Gasteiger partial charge in [-0.05, 0) is 0 Å². The first-order chi connectivity index (χ1) is 7.22. The van der Waals surface area contributed by atoms with E-state index in [4.69, 9.17) is 0 Å². The molecule has 13 heteroatoms. The molecule has 0 spiro atoms. The zero-order chi connectivity index (χ0) is 14.1. The van der Waals surface area contributed by atoms with E-state index in [9.17, 15) is 44.3 Å². The van der Waals surface area contributed by atoms with Crippen LogP contribution in [-0.4, -0.2) is 47.3 Å². The van der Waals surface area contributed by atoms with Crippen LogP contribution in [0.15, 0.2) is 0 Å². The van der Waals surface area contributed by atoms with Gasteiger partial charge in [0.1, 0.15) is 0 Å². The van der Waals surface area contributed by atoms with Crippen molar-refractivity contribution >= 4 is 25.3 Å². The molecule has 0 heterocycles. The van der Waals surface area contributed by atoms with Gasteiger partial charge in [0.25, 0.3) is 0 Å². The number of carbonyl (C=O) groups excluding carboxylic acids is 1. The van der Waals surface area contributed by atoms with Gasteiger partial charge in [-0.25, -0.2) is 0 Å². The van der Waals surface area contributed by atoms with Crippen LogP contribution in [0.5, 0.6) is 0 Å². The molecule has 0 saturated carbocycles. The van der Waals surface area contributed by atoms with Crippen LogP contribution in [0.1, 0.15) is 0 Å². The average Bonchev–Trinajstić information content (AvgIpc) is 1.94. The third-order valence-electron chi connectivity index (χ3n) is 1.27. The molecule has 0 unspecified atom stereocenters. The van der Waals surface area contributed by atoms with Crippen molar-refractivity contribution in [2.75, 3.05) is 0 Å². The zero-order valence-corrected chi connectivity index (χ0v) is 10.5. The number of halogens is 9. The molecule has 1 amide bonds. The van der Waals surface area contributed by atoms with Crippen LogP contribution in [-0.2, 0) is 4.79 Å². The highest BCUT2D eigenvalue weighted by molar-refractivity contribution is 6.58. The van der Waals surface area contributed by atoms with E-state index < -0.39 is 47.3 Å². The van der Waals surface area contributed by atoms with Crippen molar-refractivity contribution in [1.82, 2.24) is 4.23 Å². The van der Waals surface area contributed by atoms with Gasteiger partial charge in [0.05, 0.1) is 0 Å². The lowest BCUT2D eigenvalue weighted by Crippen LogP contribution is -2.53. The van der Waals surface area contributed by atoms with Gasteiger partial charge in [-0.2, -0.15) is 39.5 Å². The predicted octanol–water partition coefficient (Wildman–Crippen LogP) is 0.584. The first-order valence-electron chi connectivity index (χ1n) is 3.72. The predicted molar refractivity (Wildman–Crippen MR) is 42.1 cm³/mol. The summed E-state index contributed by atoms with van der Waals surface area (Å²) in [5.74, 6) is -13.4. The topological polar surface area (TPSA) is 20.3 Å². The first kappa shape index (κ1) is 16.3. The van der Waals surface area contributed by atoms with Gasteiger partial charge in [-0.3, -0.25) is 4.79 Å². The van der Waals surface area contributed by atoms with Crippen LogP contribution in [0, 0.1) is 0 Å². The van der Waals surface area contributed by atoms with Gasteiger partial charge in [-0.1, -0.05) is 0 Å². The summed E-state index contributed by atoms with van der Waals surface area (Å²) in [6.45, 7) is 0. The Balaban J connectivity index is 4.94. The lowest BCUT2D eigenvalue weighted by Gasteiger charge is -2.25. The van der Waals surface area contributed by atoms with Gasteiger partial charge in [0.15, 0.2) is 0 Å². The summed E-state index contributed by atoms with van der Waals surface area (Å²) in [5, 5.41) is 0. The number of hydrogen-bond acceptors (Lipinski definition) is 1. The quantitative estimate of drug-likeness (QED) is 0.540. The smallest absolute Gasteiger partial charge is 0.382 e. The largest absolute Gasteiger partial charge is 0.469 e. The average molecular weight is 309 g/mol. The van der Waals surface area contributed by atoms with Crippen LogP contribution < -0.4 is 0 Å². The van der Waals surface area contributed by atoms with E-state index in [0.717, 1.165) is 0 Å². The minimum absolute atomic E-state index is 1.07. The molecular weight excluding hydrogens is 305 g/mol. The Morgan fingerprint density at radius 3 is 1.24 bits per heavy atom. The highest BCUT2D eigenvalue weighted by Crippen LogP contribution is 2.24. The molecule has 0 aromatic heterocycles. The third-order valence-corrected chi connectivity index (χ3v) is 4.67. The lowest BCUT2D eigenvalue weighted by atomic mass is 10.6. The minimum Gasteiger partial charge on any atom is -0.382 e. The summed E-state index contributed by atoms with van der Waals surface area (Å²) in [6.07, 6.45) is -5.73. The number of nitrogens with zero attached hydrogens (tertiary/aromatic N) is 1. The highest BCUT2D eigenvalue weighted by Gasteiger charge is 2.49. The molecule has 0 aliphatic rings. The fraction of sp³-hybridized carbons (Fsp3) is 0.750. The van der Waals surface area contributed by atoms with E-state index in [1.54, 1.807) is 0 Å². The van der Waals surface area contributed by atoms with Gasteiger partial charge in [0, 0.05) is 0 Å². The van der Waals surface area contributed by atoms with Crippen molar-refractivity contribution in [2.45, 2.75) is 17.8 Å². The standard InChI is InChI=1S/C4H4F9NOSi2/c5-2(6,7)1(15)14(16-3(8,9)10)17-4(11,12)13/h16-17H2. The van der Waals surface area contributed by atoms with Gasteiger partial charge >= 0.3 is 23.7 Å². The molecule has 0 radical (unpaired) electrons. The fourth-order valence-corrected chi connectivity index (χ4v) is 4.29. The summed E-state index contributed by atoms with van der Waals surface area (Å²) in [7, 11) is -7.88. The number of rotatable bonds is 2. The van der Waals surface area contributed by atoms with Crippen LogP contribution >= 0.6 is 0 Å². The Kier molecular flexibility index (Phi) is 4.66. The lowest BCUT2D eigenvalue weighted by molar-refractivity contribution is -0.178. The molecule has 0 bridgehead atoms. The molecule has 0 fully saturated rings. The third kappa shape index (κ3) is 7.24. The molecule has 17 heavy (non-hydrogen) atoms. The Bertz CT molecular complexity index is 264. The number of hydrogen-bond donors (Lipinski definition) is 0. The van der Waals surface area contributed by atoms with Crippen LogP contribution in [0.2, 0.25) is 0 Å². The Labute approximate surface area is 92.6 Å². The second-order valence-electron chi connectivity index (χ2n) is 2.89. The summed E-state index contributed by atoms with van der Waals surface area (Å²) < 4.78 is 105. The molecule has 0 aromatic rings. The van der Waals surface area contributed by atoms with E-state index in [1.165, 1.54) is 0 Å². The monoisotopic (exact) mass is 309 g/mol. The fourth-order valence-electron chi connectivity index (χ4n) is 0.812. The van der Waals surface area contributed by atoms with E-state index in [1.807, 2.05) is 0 Å². The molecule has 2 nitrogen and oxygen atoms in total. The molecule has 0 aliphatic carbocycles. The van der Waals surface area contributed by atoms with Crippen molar-refractivity contribution in [2.24, 2.45) is 0 Å². The number of alkyl halides is 9. The Morgan fingerprint density at radius 1 is 0.765 bits per heavy atom. The summed E-state index contributed by atoms with van der Waals surface area (Å²) in [4.78, 5) is 10.4. The van der Waals surface area contributed by atoms with Crippen molar-refractivity contribution in [3.63, 3.8) is 0 Å². The van der Waals surface area contributed by atoms with Crippen molar-refractivity contribution in [1.29, 1.82) is 0 Å². The molecule has 0 N–H and O–H groups in total. The second kappa shape index (κ2) is 4.87. The SMILES string of the molecule is O=C(N([SiH2]C(F)(F)F)[SiH2]C(F)(F)F)C(F)(F)F. The van der Waals surface area contributed by atoms with Crippen molar-refractivity contribution in [3.8, 4) is 0 Å². The van der Waals surface area contributed by atoms with Gasteiger partial charge in [0.2, 0.25) is 19.4 Å². The molecule has 102 valence electrons. The van der Waals surface area contributed by atoms with Gasteiger partial charge < -0.3 is 4.23 Å². The zero-order valence-electron chi connectivity index (χ0n) is 7.67. The van der Waals surface area contributed by atoms with E-state index in [2.05, 4.69) is 0 Å². The molecule has 0 rings (SSSR count). The summed E-state index contributed by atoms with van der Waals surface area (Å²) in [5.41, 5.74) is 0. The van der Waals surface area contributed by atoms with Crippen LogP contribution in [0.4, 0.5) is 39.5 Å². The summed E-state index contributed by atoms with van der Waals surface area (Å²) >= 11 is 0. The molecule has 0 aromatic carbocycles. The Morgan fingerprint density at radius 2 is 1.06 bits per heavy atom. The van der Waals surface area contributed by atoms with Crippen molar-refractivity contribution in [3.05, 3.63) is 0 Å². The van der Waals surface area contributed by atoms with Crippen LogP contribution in [0.25, 0.3) is 0 Å². The minimum atomic E-state index is -5.73. The molecular formula is C4H4F9NOSi2.